The minimum Gasteiger partial charge on any atom is -0.494 e. The molecule has 0 saturated carbocycles. The molecule has 3 aromatic rings. The topological polar surface area (TPSA) is 70.7 Å². The van der Waals surface area contributed by atoms with Gasteiger partial charge in [0.15, 0.2) is 5.58 Å². The van der Waals surface area contributed by atoms with Gasteiger partial charge in [0.2, 0.25) is 0 Å². The summed E-state index contributed by atoms with van der Waals surface area (Å²) in [6, 6.07) is 14.0. The van der Waals surface area contributed by atoms with Crippen molar-refractivity contribution in [1.82, 2.24) is 4.57 Å². The third kappa shape index (κ3) is 3.91. The number of aryl methyl sites for hydroxylation is 1. The lowest BCUT2D eigenvalue weighted by Crippen LogP contribution is -2.16. The number of rotatable bonds is 7. The summed E-state index contributed by atoms with van der Waals surface area (Å²) in [5, 5.41) is 0. The molecule has 25 heavy (non-hydrogen) atoms. The molecule has 0 radical (unpaired) electrons. The van der Waals surface area contributed by atoms with Crippen LogP contribution in [0.4, 0.5) is 0 Å². The lowest BCUT2D eigenvalue weighted by molar-refractivity contribution is 0.0496. The van der Waals surface area contributed by atoms with Crippen LogP contribution in [0.2, 0.25) is 0 Å². The lowest BCUT2D eigenvalue weighted by atomic mass is 10.2. The molecule has 6 heteroatoms. The maximum absolute atomic E-state index is 12.0. The molecule has 1 aromatic heterocycles. The van der Waals surface area contributed by atoms with E-state index in [2.05, 4.69) is 0 Å². The van der Waals surface area contributed by atoms with Crippen LogP contribution in [-0.2, 0) is 11.3 Å². The number of ether oxygens (including phenoxy) is 2. The van der Waals surface area contributed by atoms with Crippen LogP contribution in [0.25, 0.3) is 11.1 Å². The van der Waals surface area contributed by atoms with Crippen molar-refractivity contribution in [3.63, 3.8) is 0 Å². The summed E-state index contributed by atoms with van der Waals surface area (Å²) in [6.45, 7) is 3.12. The molecular weight excluding hydrogens is 322 g/mol. The van der Waals surface area contributed by atoms with Gasteiger partial charge < -0.3 is 13.9 Å². The second-order valence-electron chi connectivity index (χ2n) is 5.43. The zero-order valence-electron chi connectivity index (χ0n) is 13.9. The van der Waals surface area contributed by atoms with Gasteiger partial charge in [-0.15, -0.1) is 0 Å². The molecule has 0 amide bonds. The molecule has 0 spiro atoms. The number of hydrogen-bond acceptors (Lipinski definition) is 5. The van der Waals surface area contributed by atoms with E-state index < -0.39 is 11.7 Å². The zero-order valence-corrected chi connectivity index (χ0v) is 13.9. The molecule has 0 atom stereocenters. The molecule has 6 nitrogen and oxygen atoms in total. The molecule has 2 aromatic carbocycles. The van der Waals surface area contributed by atoms with Gasteiger partial charge in [-0.3, -0.25) is 4.57 Å². The fourth-order valence-corrected chi connectivity index (χ4v) is 2.55. The Balaban J connectivity index is 1.53. The Labute approximate surface area is 144 Å². The Bertz CT molecular complexity index is 907. The first-order chi connectivity index (χ1) is 12.2. The molecule has 0 saturated heterocycles. The van der Waals surface area contributed by atoms with Crippen LogP contribution in [0.5, 0.6) is 5.75 Å². The van der Waals surface area contributed by atoms with E-state index in [1.807, 2.05) is 25.1 Å². The normalized spacial score (nSPS) is 10.8. The number of nitrogens with zero attached hydrogens (tertiary/aromatic N) is 1. The minimum absolute atomic E-state index is 0.220. The van der Waals surface area contributed by atoms with Gasteiger partial charge in [-0.1, -0.05) is 12.1 Å². The summed E-state index contributed by atoms with van der Waals surface area (Å²) in [4.78, 5) is 23.9. The van der Waals surface area contributed by atoms with Gasteiger partial charge in [-0.2, -0.15) is 0 Å². The monoisotopic (exact) mass is 341 g/mol. The molecule has 130 valence electrons. The Morgan fingerprint density at radius 3 is 2.64 bits per heavy atom. The second-order valence-corrected chi connectivity index (χ2v) is 5.43. The summed E-state index contributed by atoms with van der Waals surface area (Å²) in [5.41, 5.74) is 1.76. The first-order valence-corrected chi connectivity index (χ1v) is 8.17. The molecule has 0 aliphatic heterocycles. The second kappa shape index (κ2) is 7.70. The first-order valence-electron chi connectivity index (χ1n) is 8.17. The fraction of sp³-hybridized carbons (Fsp3) is 0.263. The number of benzene rings is 2. The average molecular weight is 341 g/mol. The Kier molecular flexibility index (Phi) is 5.18. The van der Waals surface area contributed by atoms with Gasteiger partial charge in [0.1, 0.15) is 5.75 Å². The van der Waals surface area contributed by atoms with Crippen LogP contribution in [0.15, 0.2) is 57.7 Å². The van der Waals surface area contributed by atoms with E-state index in [0.29, 0.717) is 36.5 Å². The van der Waals surface area contributed by atoms with Crippen LogP contribution >= 0.6 is 0 Å². The third-order valence-corrected chi connectivity index (χ3v) is 3.73. The SMILES string of the molecule is CCOc1ccc(C(=O)OCCCn2c(=O)oc3ccccc32)cc1. The van der Waals surface area contributed by atoms with Crippen molar-refractivity contribution in [2.45, 2.75) is 19.9 Å². The number of aromatic nitrogens is 1. The van der Waals surface area contributed by atoms with Crippen LogP contribution in [0.3, 0.4) is 0 Å². The Morgan fingerprint density at radius 1 is 1.12 bits per heavy atom. The van der Waals surface area contributed by atoms with Gasteiger partial charge in [0.25, 0.3) is 0 Å². The summed E-state index contributed by atoms with van der Waals surface area (Å²) in [5.74, 6) is -0.0863. The Morgan fingerprint density at radius 2 is 1.88 bits per heavy atom. The van der Waals surface area contributed by atoms with Crippen LogP contribution in [-0.4, -0.2) is 23.8 Å². The van der Waals surface area contributed by atoms with Crippen LogP contribution in [0, 0.1) is 0 Å². The first kappa shape index (κ1) is 16.8. The van der Waals surface area contributed by atoms with Gasteiger partial charge in [0.05, 0.1) is 24.3 Å². The summed E-state index contributed by atoms with van der Waals surface area (Å²) in [6.07, 6.45) is 0.520. The molecule has 3 rings (SSSR count). The zero-order chi connectivity index (χ0) is 17.6. The highest BCUT2D eigenvalue weighted by molar-refractivity contribution is 5.89. The number of para-hydroxylation sites is 2. The minimum atomic E-state index is -0.404. The molecule has 0 unspecified atom stereocenters. The summed E-state index contributed by atoms with van der Waals surface area (Å²) < 4.78 is 17.3. The number of oxazole rings is 1. The lowest BCUT2D eigenvalue weighted by Gasteiger charge is -2.07. The van der Waals surface area contributed by atoms with E-state index in [1.54, 1.807) is 34.9 Å². The van der Waals surface area contributed by atoms with Crippen molar-refractivity contribution in [3.05, 3.63) is 64.6 Å². The number of carbonyl (C=O) groups is 1. The molecule has 1 heterocycles. The van der Waals surface area contributed by atoms with Crippen molar-refractivity contribution in [3.8, 4) is 5.75 Å². The number of hydrogen-bond donors (Lipinski definition) is 0. The summed E-state index contributed by atoms with van der Waals surface area (Å²) in [7, 11) is 0. The van der Waals surface area contributed by atoms with Gasteiger partial charge >= 0.3 is 11.7 Å². The third-order valence-electron chi connectivity index (χ3n) is 3.73. The number of fused-ring (bicyclic) bond motifs is 1. The predicted octanol–water partition coefficient (Wildman–Crippen LogP) is 3.24. The maximum atomic E-state index is 12.0. The highest BCUT2D eigenvalue weighted by atomic mass is 16.5. The van der Waals surface area contributed by atoms with E-state index in [4.69, 9.17) is 13.9 Å². The van der Waals surface area contributed by atoms with E-state index in [1.165, 1.54) is 0 Å². The number of esters is 1. The van der Waals surface area contributed by atoms with E-state index in [9.17, 15) is 9.59 Å². The van der Waals surface area contributed by atoms with Crippen molar-refractivity contribution in [2.75, 3.05) is 13.2 Å². The van der Waals surface area contributed by atoms with Gasteiger partial charge in [0, 0.05) is 6.54 Å². The van der Waals surface area contributed by atoms with Crippen LogP contribution in [0.1, 0.15) is 23.7 Å². The van der Waals surface area contributed by atoms with Gasteiger partial charge in [-0.05, 0) is 49.7 Å². The molecule has 0 fully saturated rings. The molecule has 0 N–H and O–H groups in total. The molecule has 0 aliphatic rings. The molecule has 0 bridgehead atoms. The highest BCUT2D eigenvalue weighted by Crippen LogP contribution is 2.14. The van der Waals surface area contributed by atoms with Crippen molar-refractivity contribution < 1.29 is 18.7 Å². The maximum Gasteiger partial charge on any atom is 0.419 e. The van der Waals surface area contributed by atoms with E-state index >= 15 is 0 Å². The smallest absolute Gasteiger partial charge is 0.419 e. The average Bonchev–Trinajstić information content (AvgIpc) is 2.95. The Hall–Kier alpha value is -3.02. The van der Waals surface area contributed by atoms with Crippen molar-refractivity contribution in [2.24, 2.45) is 0 Å². The standard InChI is InChI=1S/C19H19NO5/c1-2-23-15-10-8-14(9-11-15)18(21)24-13-5-12-20-16-6-3-4-7-17(16)25-19(20)22/h3-4,6-11H,2,5,12-13H2,1H3. The predicted molar refractivity (Wildman–Crippen MR) is 93.0 cm³/mol. The quantitative estimate of drug-likeness (QED) is 0.487. The van der Waals surface area contributed by atoms with Crippen molar-refractivity contribution in [1.29, 1.82) is 0 Å². The van der Waals surface area contributed by atoms with Gasteiger partial charge in [-0.25, -0.2) is 9.59 Å². The largest absolute Gasteiger partial charge is 0.494 e. The molecule has 0 aliphatic carbocycles. The fourth-order valence-electron chi connectivity index (χ4n) is 2.55. The van der Waals surface area contributed by atoms with Crippen LogP contribution < -0.4 is 10.5 Å². The number of carbonyl (C=O) groups excluding carboxylic acids is 1. The van der Waals surface area contributed by atoms with E-state index in [-0.39, 0.29) is 6.61 Å². The molecular formula is C19H19NO5. The highest BCUT2D eigenvalue weighted by Gasteiger charge is 2.10. The van der Waals surface area contributed by atoms with Crippen molar-refractivity contribution >= 4 is 17.1 Å². The van der Waals surface area contributed by atoms with E-state index in [0.717, 1.165) is 5.52 Å². The summed E-state index contributed by atoms with van der Waals surface area (Å²) >= 11 is 0.